The van der Waals surface area contributed by atoms with E-state index in [-0.39, 0.29) is 22.8 Å². The number of oxime groups is 1. The van der Waals surface area contributed by atoms with Crippen molar-refractivity contribution in [3.63, 3.8) is 0 Å². The van der Waals surface area contributed by atoms with Gasteiger partial charge in [0.2, 0.25) is 0 Å². The Labute approximate surface area is 97.6 Å². The zero-order valence-electron chi connectivity index (χ0n) is 9.29. The van der Waals surface area contributed by atoms with Gasteiger partial charge in [0.15, 0.2) is 11.6 Å². The number of nitro groups is 1. The molecule has 92 valence electrons. The first-order valence-corrected chi connectivity index (χ1v) is 4.99. The molecule has 0 bridgehead atoms. The van der Waals surface area contributed by atoms with E-state index in [2.05, 4.69) is 5.16 Å². The maximum atomic E-state index is 10.8. The SMILES string of the molecule is CCCOc1ccc(C(N)=NO)cc1[N+](=O)[O-]. The third kappa shape index (κ3) is 3.07. The number of ether oxygens (including phenoxy) is 1. The van der Waals surface area contributed by atoms with Crippen molar-refractivity contribution in [3.8, 4) is 5.75 Å². The van der Waals surface area contributed by atoms with E-state index in [9.17, 15) is 10.1 Å². The molecule has 0 atom stereocenters. The van der Waals surface area contributed by atoms with Gasteiger partial charge in [0.25, 0.3) is 0 Å². The minimum absolute atomic E-state index is 0.173. The molecule has 0 saturated heterocycles. The Morgan fingerprint density at radius 3 is 2.88 bits per heavy atom. The number of nitro benzene ring substituents is 1. The predicted octanol–water partition coefficient (Wildman–Crippen LogP) is 1.48. The molecular formula is C10H13N3O4. The van der Waals surface area contributed by atoms with Crippen molar-refractivity contribution in [2.45, 2.75) is 13.3 Å². The highest BCUT2D eigenvalue weighted by atomic mass is 16.6. The summed E-state index contributed by atoms with van der Waals surface area (Å²) < 4.78 is 5.23. The number of rotatable bonds is 5. The van der Waals surface area contributed by atoms with E-state index in [1.807, 2.05) is 6.92 Å². The molecule has 1 rings (SSSR count). The Bertz CT molecular complexity index is 445. The molecule has 0 aliphatic rings. The molecule has 0 heterocycles. The molecule has 1 aromatic carbocycles. The Balaban J connectivity index is 3.13. The second-order valence-corrected chi connectivity index (χ2v) is 3.27. The molecule has 0 radical (unpaired) electrons. The molecule has 0 amide bonds. The summed E-state index contributed by atoms with van der Waals surface area (Å²) in [7, 11) is 0. The normalized spacial score (nSPS) is 11.2. The van der Waals surface area contributed by atoms with Crippen LogP contribution in [-0.4, -0.2) is 22.6 Å². The average Bonchev–Trinajstić information content (AvgIpc) is 2.35. The fourth-order valence-corrected chi connectivity index (χ4v) is 1.21. The molecule has 17 heavy (non-hydrogen) atoms. The van der Waals surface area contributed by atoms with Crippen LogP contribution in [0.3, 0.4) is 0 Å². The third-order valence-electron chi connectivity index (χ3n) is 2.02. The number of nitrogens with zero attached hydrogens (tertiary/aromatic N) is 2. The van der Waals surface area contributed by atoms with E-state index in [0.717, 1.165) is 6.42 Å². The summed E-state index contributed by atoms with van der Waals surface area (Å²) >= 11 is 0. The lowest BCUT2D eigenvalue weighted by atomic mass is 10.1. The summed E-state index contributed by atoms with van der Waals surface area (Å²) in [6.07, 6.45) is 0.749. The highest BCUT2D eigenvalue weighted by Gasteiger charge is 2.17. The molecule has 0 aliphatic carbocycles. The van der Waals surface area contributed by atoms with Gasteiger partial charge in [-0.2, -0.15) is 0 Å². The number of nitrogens with two attached hydrogens (primary N) is 1. The smallest absolute Gasteiger partial charge is 0.311 e. The largest absolute Gasteiger partial charge is 0.487 e. The first kappa shape index (κ1) is 12.8. The van der Waals surface area contributed by atoms with Gasteiger partial charge in [0.05, 0.1) is 11.5 Å². The number of hydrogen-bond donors (Lipinski definition) is 2. The fourth-order valence-electron chi connectivity index (χ4n) is 1.21. The maximum absolute atomic E-state index is 10.8. The quantitative estimate of drug-likeness (QED) is 0.266. The number of amidine groups is 1. The van der Waals surface area contributed by atoms with Crippen LogP contribution < -0.4 is 10.5 Å². The van der Waals surface area contributed by atoms with Crippen LogP contribution in [-0.2, 0) is 0 Å². The monoisotopic (exact) mass is 239 g/mol. The van der Waals surface area contributed by atoms with Crippen LogP contribution >= 0.6 is 0 Å². The van der Waals surface area contributed by atoms with Crippen molar-refractivity contribution in [1.82, 2.24) is 0 Å². The van der Waals surface area contributed by atoms with E-state index in [4.69, 9.17) is 15.7 Å². The molecule has 0 aliphatic heterocycles. The second-order valence-electron chi connectivity index (χ2n) is 3.27. The van der Waals surface area contributed by atoms with Crippen molar-refractivity contribution >= 4 is 11.5 Å². The third-order valence-corrected chi connectivity index (χ3v) is 2.02. The standard InChI is InChI=1S/C10H13N3O4/c1-2-5-17-9-4-3-7(10(11)12-14)6-8(9)13(15)16/h3-4,6,14H,2,5H2,1H3,(H2,11,12). The lowest BCUT2D eigenvalue weighted by molar-refractivity contribution is -0.385. The second kappa shape index (κ2) is 5.69. The first-order chi connectivity index (χ1) is 8.10. The molecule has 0 saturated carbocycles. The minimum Gasteiger partial charge on any atom is -0.487 e. The zero-order chi connectivity index (χ0) is 12.8. The van der Waals surface area contributed by atoms with Gasteiger partial charge >= 0.3 is 5.69 Å². The summed E-state index contributed by atoms with van der Waals surface area (Å²) in [5.41, 5.74) is 5.41. The van der Waals surface area contributed by atoms with Crippen LogP contribution in [0.1, 0.15) is 18.9 Å². The van der Waals surface area contributed by atoms with Crippen LogP contribution in [0.4, 0.5) is 5.69 Å². The summed E-state index contributed by atoms with van der Waals surface area (Å²) in [4.78, 5) is 10.3. The highest BCUT2D eigenvalue weighted by molar-refractivity contribution is 5.97. The fraction of sp³-hybridized carbons (Fsp3) is 0.300. The molecule has 0 unspecified atom stereocenters. The van der Waals surface area contributed by atoms with Gasteiger partial charge < -0.3 is 15.7 Å². The summed E-state index contributed by atoms with van der Waals surface area (Å²) in [6, 6.07) is 4.13. The molecule has 7 heteroatoms. The predicted molar refractivity (Wildman–Crippen MR) is 61.4 cm³/mol. The zero-order valence-corrected chi connectivity index (χ0v) is 9.29. The molecule has 0 aromatic heterocycles. The molecule has 0 spiro atoms. The Morgan fingerprint density at radius 2 is 2.35 bits per heavy atom. The molecule has 0 fully saturated rings. The van der Waals surface area contributed by atoms with E-state index in [1.165, 1.54) is 18.2 Å². The van der Waals surface area contributed by atoms with E-state index < -0.39 is 4.92 Å². The van der Waals surface area contributed by atoms with Gasteiger partial charge in [-0.1, -0.05) is 12.1 Å². The van der Waals surface area contributed by atoms with Crippen LogP contribution in [0.5, 0.6) is 5.75 Å². The van der Waals surface area contributed by atoms with Gasteiger partial charge in [-0.3, -0.25) is 10.1 Å². The minimum atomic E-state index is -0.570. The number of benzene rings is 1. The summed E-state index contributed by atoms with van der Waals surface area (Å²) in [5, 5.41) is 22.1. The Morgan fingerprint density at radius 1 is 1.65 bits per heavy atom. The average molecular weight is 239 g/mol. The summed E-state index contributed by atoms with van der Waals surface area (Å²) in [5.74, 6) is -0.0125. The van der Waals surface area contributed by atoms with E-state index in [0.29, 0.717) is 6.61 Å². The Hall–Kier alpha value is -2.31. The van der Waals surface area contributed by atoms with Gasteiger partial charge in [-0.15, -0.1) is 0 Å². The topological polar surface area (TPSA) is 111 Å². The van der Waals surface area contributed by atoms with Crippen molar-refractivity contribution in [2.24, 2.45) is 10.9 Å². The van der Waals surface area contributed by atoms with Crippen LogP contribution in [0, 0.1) is 10.1 Å². The van der Waals surface area contributed by atoms with Crippen molar-refractivity contribution in [2.75, 3.05) is 6.61 Å². The lowest BCUT2D eigenvalue weighted by Gasteiger charge is -2.06. The van der Waals surface area contributed by atoms with Crippen LogP contribution in [0.2, 0.25) is 0 Å². The van der Waals surface area contributed by atoms with Crippen molar-refractivity contribution < 1.29 is 14.9 Å². The van der Waals surface area contributed by atoms with Gasteiger partial charge in [-0.05, 0) is 18.6 Å². The Kier molecular flexibility index (Phi) is 4.27. The molecule has 7 nitrogen and oxygen atoms in total. The van der Waals surface area contributed by atoms with Crippen molar-refractivity contribution in [1.29, 1.82) is 0 Å². The highest BCUT2D eigenvalue weighted by Crippen LogP contribution is 2.28. The van der Waals surface area contributed by atoms with Gasteiger partial charge in [-0.25, -0.2) is 0 Å². The summed E-state index contributed by atoms with van der Waals surface area (Å²) in [6.45, 7) is 2.29. The van der Waals surface area contributed by atoms with Crippen LogP contribution in [0.15, 0.2) is 23.4 Å². The first-order valence-electron chi connectivity index (χ1n) is 4.99. The molecular weight excluding hydrogens is 226 g/mol. The maximum Gasteiger partial charge on any atom is 0.311 e. The lowest BCUT2D eigenvalue weighted by Crippen LogP contribution is -2.13. The molecule has 1 aromatic rings. The van der Waals surface area contributed by atoms with Crippen molar-refractivity contribution in [3.05, 3.63) is 33.9 Å². The number of hydrogen-bond acceptors (Lipinski definition) is 5. The van der Waals surface area contributed by atoms with E-state index >= 15 is 0 Å². The van der Waals surface area contributed by atoms with Gasteiger partial charge in [0, 0.05) is 11.6 Å². The molecule has 3 N–H and O–H groups in total. The van der Waals surface area contributed by atoms with Gasteiger partial charge in [0.1, 0.15) is 0 Å². The van der Waals surface area contributed by atoms with Crippen LogP contribution in [0.25, 0.3) is 0 Å². The van der Waals surface area contributed by atoms with E-state index in [1.54, 1.807) is 0 Å².